The van der Waals surface area contributed by atoms with Crippen LogP contribution in [0.2, 0.25) is 10.0 Å². The molecule has 1 N–H and O–H groups in total. The number of aliphatic hydroxyl groups is 1. The molecule has 0 saturated carbocycles. The van der Waals surface area contributed by atoms with Crippen LogP contribution >= 0.6 is 23.2 Å². The molecule has 2 atom stereocenters. The van der Waals surface area contributed by atoms with Crippen molar-refractivity contribution in [2.45, 2.75) is 32.5 Å². The lowest BCUT2D eigenvalue weighted by Crippen LogP contribution is -2.28. The highest BCUT2D eigenvalue weighted by atomic mass is 35.5. The van der Waals surface area contributed by atoms with Gasteiger partial charge in [0.25, 0.3) is 0 Å². The second-order valence-corrected chi connectivity index (χ2v) is 4.45. The molecule has 2 nitrogen and oxygen atoms in total. The first-order valence-electron chi connectivity index (χ1n) is 5.28. The van der Waals surface area contributed by atoms with Gasteiger partial charge in [0.05, 0.1) is 12.2 Å². The van der Waals surface area contributed by atoms with Crippen LogP contribution in [-0.2, 0) is 11.2 Å². The summed E-state index contributed by atoms with van der Waals surface area (Å²) in [5.74, 6) is 0. The third kappa shape index (κ3) is 3.63. The van der Waals surface area contributed by atoms with Gasteiger partial charge in [0, 0.05) is 23.1 Å². The molecule has 1 rings (SSSR count). The molecule has 0 radical (unpaired) electrons. The minimum absolute atomic E-state index is 0.225. The number of ether oxygens (including phenoxy) is 1. The smallest absolute Gasteiger partial charge is 0.0840 e. The van der Waals surface area contributed by atoms with E-state index in [4.69, 9.17) is 27.9 Å². The Hall–Kier alpha value is -0.280. The molecule has 2 unspecified atom stereocenters. The van der Waals surface area contributed by atoms with Crippen LogP contribution in [-0.4, -0.2) is 23.9 Å². The van der Waals surface area contributed by atoms with E-state index in [0.29, 0.717) is 23.1 Å². The van der Waals surface area contributed by atoms with Gasteiger partial charge in [0.2, 0.25) is 0 Å². The average Bonchev–Trinajstić information content (AvgIpc) is 2.23. The van der Waals surface area contributed by atoms with Gasteiger partial charge >= 0.3 is 0 Å². The van der Waals surface area contributed by atoms with E-state index in [1.165, 1.54) is 0 Å². The number of aliphatic hydroxyl groups excluding tert-OH is 1. The highest BCUT2D eigenvalue weighted by Gasteiger charge is 2.17. The molecule has 1 aromatic rings. The van der Waals surface area contributed by atoms with Crippen molar-refractivity contribution in [3.05, 3.63) is 33.8 Å². The zero-order valence-corrected chi connectivity index (χ0v) is 10.9. The molecular formula is C12H16Cl2O2. The van der Waals surface area contributed by atoms with Crippen molar-refractivity contribution in [3.63, 3.8) is 0 Å². The number of hydrogen-bond donors (Lipinski definition) is 1. The molecule has 0 aliphatic heterocycles. The van der Waals surface area contributed by atoms with E-state index < -0.39 is 6.10 Å². The molecular weight excluding hydrogens is 247 g/mol. The summed E-state index contributed by atoms with van der Waals surface area (Å²) in [7, 11) is 0. The van der Waals surface area contributed by atoms with Crippen molar-refractivity contribution in [1.29, 1.82) is 0 Å². The van der Waals surface area contributed by atoms with Crippen molar-refractivity contribution < 1.29 is 9.84 Å². The molecule has 0 aliphatic rings. The second-order valence-electron chi connectivity index (χ2n) is 3.63. The van der Waals surface area contributed by atoms with Crippen molar-refractivity contribution in [3.8, 4) is 0 Å². The second kappa shape index (κ2) is 6.45. The number of benzene rings is 1. The molecule has 0 saturated heterocycles. The monoisotopic (exact) mass is 262 g/mol. The fraction of sp³-hybridized carbons (Fsp3) is 0.500. The van der Waals surface area contributed by atoms with Crippen LogP contribution in [0.4, 0.5) is 0 Å². The Labute approximate surface area is 106 Å². The lowest BCUT2D eigenvalue weighted by molar-refractivity contribution is -0.0207. The first-order valence-corrected chi connectivity index (χ1v) is 6.04. The zero-order valence-electron chi connectivity index (χ0n) is 9.41. The Morgan fingerprint density at radius 1 is 1.31 bits per heavy atom. The van der Waals surface area contributed by atoms with Crippen LogP contribution in [0.5, 0.6) is 0 Å². The van der Waals surface area contributed by atoms with Gasteiger partial charge in [-0.15, -0.1) is 0 Å². The summed E-state index contributed by atoms with van der Waals surface area (Å²) >= 11 is 12.0. The Balaban J connectivity index is 2.72. The Morgan fingerprint density at radius 3 is 2.38 bits per heavy atom. The molecule has 90 valence electrons. The predicted molar refractivity (Wildman–Crippen MR) is 67.3 cm³/mol. The average molecular weight is 263 g/mol. The van der Waals surface area contributed by atoms with Gasteiger partial charge in [-0.25, -0.2) is 0 Å². The van der Waals surface area contributed by atoms with Crippen molar-refractivity contribution >= 4 is 23.2 Å². The van der Waals surface area contributed by atoms with Gasteiger partial charge in [-0.1, -0.05) is 29.3 Å². The zero-order chi connectivity index (χ0) is 12.1. The van der Waals surface area contributed by atoms with Gasteiger partial charge in [0.1, 0.15) is 0 Å². The Kier molecular flexibility index (Phi) is 5.56. The molecule has 0 aliphatic carbocycles. The quantitative estimate of drug-likeness (QED) is 0.883. The number of rotatable bonds is 5. The summed E-state index contributed by atoms with van der Waals surface area (Å²) in [5, 5.41) is 11.1. The first kappa shape index (κ1) is 13.8. The molecule has 0 fully saturated rings. The minimum atomic E-state index is -0.600. The largest absolute Gasteiger partial charge is 0.390 e. The predicted octanol–water partition coefficient (Wildman–Crippen LogP) is 3.32. The molecule has 0 heterocycles. The third-order valence-corrected chi connectivity index (χ3v) is 3.15. The fourth-order valence-electron chi connectivity index (χ4n) is 1.48. The summed E-state index contributed by atoms with van der Waals surface area (Å²) < 4.78 is 5.32. The van der Waals surface area contributed by atoms with E-state index >= 15 is 0 Å². The summed E-state index contributed by atoms with van der Waals surface area (Å²) in [6.07, 6.45) is -0.422. The fourth-order valence-corrected chi connectivity index (χ4v) is 2.03. The van der Waals surface area contributed by atoms with E-state index in [1.54, 1.807) is 18.2 Å². The molecule has 1 aromatic carbocycles. The lowest BCUT2D eigenvalue weighted by atomic mass is 10.0. The van der Waals surface area contributed by atoms with Gasteiger partial charge in [-0.2, -0.15) is 0 Å². The normalized spacial score (nSPS) is 14.8. The van der Waals surface area contributed by atoms with Crippen LogP contribution < -0.4 is 0 Å². The summed E-state index contributed by atoms with van der Waals surface area (Å²) in [4.78, 5) is 0. The maximum atomic E-state index is 9.91. The standard InChI is InChI=1S/C12H16Cl2O2/c1-3-16-8(2)12(15)7-9-10(13)5-4-6-11(9)14/h4-6,8,12,15H,3,7H2,1-2H3. The van der Waals surface area contributed by atoms with Crippen molar-refractivity contribution in [2.24, 2.45) is 0 Å². The molecule has 0 aromatic heterocycles. The first-order chi connectivity index (χ1) is 7.56. The maximum absolute atomic E-state index is 9.91. The molecule has 0 amide bonds. The van der Waals surface area contributed by atoms with Crippen LogP contribution in [0.15, 0.2) is 18.2 Å². The third-order valence-electron chi connectivity index (χ3n) is 2.45. The molecule has 4 heteroatoms. The molecule has 0 spiro atoms. The van der Waals surface area contributed by atoms with Gasteiger partial charge in [-0.05, 0) is 31.5 Å². The number of hydrogen-bond acceptors (Lipinski definition) is 2. The molecule has 16 heavy (non-hydrogen) atoms. The van der Waals surface area contributed by atoms with E-state index in [0.717, 1.165) is 5.56 Å². The topological polar surface area (TPSA) is 29.5 Å². The van der Waals surface area contributed by atoms with Crippen LogP contribution in [0.3, 0.4) is 0 Å². The van der Waals surface area contributed by atoms with Gasteiger partial charge in [-0.3, -0.25) is 0 Å². The van der Waals surface area contributed by atoms with Crippen LogP contribution in [0.25, 0.3) is 0 Å². The lowest BCUT2D eigenvalue weighted by Gasteiger charge is -2.19. The van der Waals surface area contributed by atoms with E-state index in [1.807, 2.05) is 13.8 Å². The van der Waals surface area contributed by atoms with Crippen LogP contribution in [0, 0.1) is 0 Å². The SMILES string of the molecule is CCOC(C)C(O)Cc1c(Cl)cccc1Cl. The summed E-state index contributed by atoms with van der Waals surface area (Å²) in [6, 6.07) is 5.31. The van der Waals surface area contributed by atoms with E-state index in [9.17, 15) is 5.11 Å². The van der Waals surface area contributed by atoms with Crippen molar-refractivity contribution in [1.82, 2.24) is 0 Å². The van der Waals surface area contributed by atoms with Gasteiger partial charge < -0.3 is 9.84 Å². The van der Waals surface area contributed by atoms with Crippen LogP contribution in [0.1, 0.15) is 19.4 Å². The molecule has 0 bridgehead atoms. The van der Waals surface area contributed by atoms with E-state index in [-0.39, 0.29) is 6.10 Å². The maximum Gasteiger partial charge on any atom is 0.0840 e. The summed E-state index contributed by atoms with van der Waals surface area (Å²) in [5.41, 5.74) is 0.768. The van der Waals surface area contributed by atoms with Gasteiger partial charge in [0.15, 0.2) is 0 Å². The Morgan fingerprint density at radius 2 is 1.88 bits per heavy atom. The highest BCUT2D eigenvalue weighted by molar-refractivity contribution is 6.35. The van der Waals surface area contributed by atoms with E-state index in [2.05, 4.69) is 0 Å². The highest BCUT2D eigenvalue weighted by Crippen LogP contribution is 2.26. The number of halogens is 2. The summed E-state index contributed by atoms with van der Waals surface area (Å²) in [6.45, 7) is 4.30. The van der Waals surface area contributed by atoms with Crippen molar-refractivity contribution in [2.75, 3.05) is 6.61 Å². The minimum Gasteiger partial charge on any atom is -0.390 e. The Bertz CT molecular complexity index is 322.